The fourth-order valence-corrected chi connectivity index (χ4v) is 4.85. The Morgan fingerprint density at radius 3 is 2.43 bits per heavy atom. The summed E-state index contributed by atoms with van der Waals surface area (Å²) >= 11 is 0. The number of carbonyl (C=O) groups is 2. The van der Waals surface area contributed by atoms with Crippen molar-refractivity contribution in [3.8, 4) is 0 Å². The highest BCUT2D eigenvalue weighted by atomic mass is 16.2. The minimum Gasteiger partial charge on any atom is -0.352 e. The van der Waals surface area contributed by atoms with Crippen LogP contribution in [0.3, 0.4) is 0 Å². The van der Waals surface area contributed by atoms with Crippen LogP contribution in [-0.2, 0) is 22.7 Å². The van der Waals surface area contributed by atoms with Crippen molar-refractivity contribution in [3.05, 3.63) is 35.4 Å². The Morgan fingerprint density at radius 2 is 1.75 bits per heavy atom. The maximum atomic E-state index is 12.7. The van der Waals surface area contributed by atoms with Crippen LogP contribution in [-0.4, -0.2) is 47.8 Å². The molecule has 28 heavy (non-hydrogen) atoms. The van der Waals surface area contributed by atoms with E-state index in [9.17, 15) is 9.59 Å². The van der Waals surface area contributed by atoms with E-state index in [0.717, 1.165) is 50.9 Å². The SMILES string of the molecule is CC(=O)N1CCCC(C(=O)NCc2ccccc2CN2CC(C)CC(C)C2)C1. The number of carbonyl (C=O) groups excluding carboxylic acids is 2. The van der Waals surface area contributed by atoms with E-state index in [2.05, 4.69) is 42.3 Å². The van der Waals surface area contributed by atoms with Gasteiger partial charge < -0.3 is 10.2 Å². The Hall–Kier alpha value is -1.88. The first-order valence-corrected chi connectivity index (χ1v) is 10.7. The second-order valence-corrected chi connectivity index (χ2v) is 8.93. The molecule has 0 bridgehead atoms. The van der Waals surface area contributed by atoms with Gasteiger partial charge in [-0.1, -0.05) is 38.1 Å². The number of nitrogens with zero attached hydrogens (tertiary/aromatic N) is 2. The molecule has 3 atom stereocenters. The monoisotopic (exact) mass is 385 g/mol. The molecule has 1 N–H and O–H groups in total. The van der Waals surface area contributed by atoms with Crippen LogP contribution in [0.2, 0.25) is 0 Å². The van der Waals surface area contributed by atoms with Gasteiger partial charge in [-0.25, -0.2) is 0 Å². The normalized spacial score (nSPS) is 26.1. The van der Waals surface area contributed by atoms with E-state index in [0.29, 0.717) is 13.1 Å². The maximum absolute atomic E-state index is 12.7. The molecular formula is C23H35N3O2. The van der Waals surface area contributed by atoms with E-state index in [-0.39, 0.29) is 17.7 Å². The number of amides is 2. The van der Waals surface area contributed by atoms with Crippen molar-refractivity contribution >= 4 is 11.8 Å². The molecule has 5 heteroatoms. The lowest BCUT2D eigenvalue weighted by molar-refractivity contribution is -0.134. The molecule has 3 unspecified atom stereocenters. The second-order valence-electron chi connectivity index (χ2n) is 8.93. The molecule has 3 rings (SSSR count). The molecule has 2 aliphatic rings. The summed E-state index contributed by atoms with van der Waals surface area (Å²) < 4.78 is 0. The Kier molecular flexibility index (Phi) is 7.11. The molecule has 1 aromatic rings. The number of hydrogen-bond acceptors (Lipinski definition) is 3. The number of rotatable bonds is 5. The van der Waals surface area contributed by atoms with Gasteiger partial charge in [-0.05, 0) is 42.2 Å². The zero-order valence-corrected chi connectivity index (χ0v) is 17.6. The highest BCUT2D eigenvalue weighted by molar-refractivity contribution is 5.80. The third-order valence-corrected chi connectivity index (χ3v) is 6.15. The Bertz CT molecular complexity index is 680. The molecule has 0 saturated carbocycles. The molecule has 5 nitrogen and oxygen atoms in total. The number of likely N-dealkylation sites (tertiary alicyclic amines) is 2. The van der Waals surface area contributed by atoms with Crippen molar-refractivity contribution in [1.82, 2.24) is 15.1 Å². The molecule has 2 fully saturated rings. The topological polar surface area (TPSA) is 52.7 Å². The first-order chi connectivity index (χ1) is 13.4. The summed E-state index contributed by atoms with van der Waals surface area (Å²) in [6, 6.07) is 8.44. The third kappa shape index (κ3) is 5.57. The predicted octanol–water partition coefficient (Wildman–Crippen LogP) is 3.04. The van der Waals surface area contributed by atoms with Crippen LogP contribution in [0.15, 0.2) is 24.3 Å². The predicted molar refractivity (Wildman–Crippen MR) is 111 cm³/mol. The average Bonchev–Trinajstić information content (AvgIpc) is 2.66. The Labute approximate surface area is 169 Å². The van der Waals surface area contributed by atoms with Crippen molar-refractivity contribution in [2.75, 3.05) is 26.2 Å². The van der Waals surface area contributed by atoms with Gasteiger partial charge in [0.25, 0.3) is 0 Å². The quantitative estimate of drug-likeness (QED) is 0.848. The van der Waals surface area contributed by atoms with Gasteiger partial charge in [-0.15, -0.1) is 0 Å². The van der Waals surface area contributed by atoms with E-state index in [4.69, 9.17) is 0 Å². The lowest BCUT2D eigenvalue weighted by Gasteiger charge is -2.35. The summed E-state index contributed by atoms with van der Waals surface area (Å²) in [6.45, 7) is 11.4. The van der Waals surface area contributed by atoms with E-state index in [1.54, 1.807) is 11.8 Å². The molecule has 0 radical (unpaired) electrons. The summed E-state index contributed by atoms with van der Waals surface area (Å²) in [5.74, 6) is 1.53. The largest absolute Gasteiger partial charge is 0.352 e. The van der Waals surface area contributed by atoms with Crippen molar-refractivity contribution in [2.45, 2.75) is 53.1 Å². The first kappa shape index (κ1) is 20.8. The van der Waals surface area contributed by atoms with Crippen molar-refractivity contribution in [3.63, 3.8) is 0 Å². The van der Waals surface area contributed by atoms with Crippen LogP contribution in [0.1, 0.15) is 51.2 Å². The number of benzene rings is 1. The highest BCUT2D eigenvalue weighted by Gasteiger charge is 2.27. The van der Waals surface area contributed by atoms with E-state index < -0.39 is 0 Å². The number of hydrogen-bond donors (Lipinski definition) is 1. The van der Waals surface area contributed by atoms with Crippen LogP contribution < -0.4 is 5.32 Å². The molecule has 2 amide bonds. The van der Waals surface area contributed by atoms with Gasteiger partial charge in [-0.2, -0.15) is 0 Å². The number of piperidine rings is 2. The molecule has 2 aliphatic heterocycles. The molecule has 0 spiro atoms. The van der Waals surface area contributed by atoms with Gasteiger partial charge in [0.05, 0.1) is 5.92 Å². The molecule has 2 saturated heterocycles. The lowest BCUT2D eigenvalue weighted by atomic mass is 9.91. The zero-order valence-electron chi connectivity index (χ0n) is 17.6. The van der Waals surface area contributed by atoms with Crippen LogP contribution in [0.4, 0.5) is 0 Å². The average molecular weight is 386 g/mol. The standard InChI is InChI=1S/C23H35N3O2/c1-17-11-18(2)14-25(13-17)15-21-8-5-4-7-20(21)12-24-23(28)22-9-6-10-26(16-22)19(3)27/h4-5,7-8,17-18,22H,6,9-16H2,1-3H3,(H,24,28). The maximum Gasteiger partial charge on any atom is 0.225 e. The molecule has 154 valence electrons. The van der Waals surface area contributed by atoms with Crippen LogP contribution in [0.25, 0.3) is 0 Å². The fraction of sp³-hybridized carbons (Fsp3) is 0.652. The van der Waals surface area contributed by atoms with Gasteiger partial charge in [0.2, 0.25) is 11.8 Å². The van der Waals surface area contributed by atoms with Crippen LogP contribution in [0.5, 0.6) is 0 Å². The summed E-state index contributed by atoms with van der Waals surface area (Å²) in [5, 5.41) is 3.13. The molecule has 1 aromatic carbocycles. The number of nitrogens with one attached hydrogen (secondary N) is 1. The van der Waals surface area contributed by atoms with Gasteiger partial charge >= 0.3 is 0 Å². The second kappa shape index (κ2) is 9.55. The molecule has 2 heterocycles. The van der Waals surface area contributed by atoms with E-state index >= 15 is 0 Å². The Morgan fingerprint density at radius 1 is 1.07 bits per heavy atom. The van der Waals surface area contributed by atoms with Crippen LogP contribution in [0, 0.1) is 17.8 Å². The minimum absolute atomic E-state index is 0.0628. The first-order valence-electron chi connectivity index (χ1n) is 10.7. The van der Waals surface area contributed by atoms with Gasteiger partial charge in [-0.3, -0.25) is 14.5 Å². The van der Waals surface area contributed by atoms with Crippen molar-refractivity contribution in [1.29, 1.82) is 0 Å². The van der Waals surface area contributed by atoms with Crippen molar-refractivity contribution in [2.24, 2.45) is 17.8 Å². The van der Waals surface area contributed by atoms with E-state index in [1.807, 2.05) is 6.07 Å². The molecular weight excluding hydrogens is 350 g/mol. The summed E-state index contributed by atoms with van der Waals surface area (Å²) in [7, 11) is 0. The van der Waals surface area contributed by atoms with Crippen molar-refractivity contribution < 1.29 is 9.59 Å². The van der Waals surface area contributed by atoms with Gasteiger partial charge in [0.15, 0.2) is 0 Å². The minimum atomic E-state index is -0.0893. The van der Waals surface area contributed by atoms with Gasteiger partial charge in [0, 0.05) is 46.2 Å². The molecule has 0 aromatic heterocycles. The summed E-state index contributed by atoms with van der Waals surface area (Å²) in [5.41, 5.74) is 2.50. The smallest absolute Gasteiger partial charge is 0.225 e. The van der Waals surface area contributed by atoms with Gasteiger partial charge in [0.1, 0.15) is 0 Å². The highest BCUT2D eigenvalue weighted by Crippen LogP contribution is 2.23. The summed E-state index contributed by atoms with van der Waals surface area (Å²) in [6.07, 6.45) is 3.08. The van der Waals surface area contributed by atoms with E-state index in [1.165, 1.54) is 17.5 Å². The lowest BCUT2D eigenvalue weighted by Crippen LogP contribution is -2.44. The zero-order chi connectivity index (χ0) is 20.1. The van der Waals surface area contributed by atoms with Crippen LogP contribution >= 0.6 is 0 Å². The molecule has 0 aliphatic carbocycles. The Balaban J connectivity index is 1.57. The summed E-state index contributed by atoms with van der Waals surface area (Å²) in [4.78, 5) is 28.6. The third-order valence-electron chi connectivity index (χ3n) is 6.15. The fourth-order valence-electron chi connectivity index (χ4n) is 4.85.